The number of nitrogens with zero attached hydrogens (tertiary/aromatic N) is 1. The summed E-state index contributed by atoms with van der Waals surface area (Å²) in [5, 5.41) is 10.0. The quantitative estimate of drug-likeness (QED) is 0.852. The van der Waals surface area contributed by atoms with Gasteiger partial charge in [0.1, 0.15) is 11.5 Å². The second kappa shape index (κ2) is 5.19. The number of benzene rings is 1. The number of carboxylic acids is 1. The molecule has 4 rings (SSSR count). The molecule has 2 bridgehead atoms. The van der Waals surface area contributed by atoms with Crippen molar-refractivity contribution in [2.75, 3.05) is 4.90 Å². The Morgan fingerprint density at radius 3 is 2.88 bits per heavy atom. The molecule has 5 nitrogen and oxygen atoms in total. The van der Waals surface area contributed by atoms with E-state index >= 15 is 0 Å². The summed E-state index contributed by atoms with van der Waals surface area (Å²) in [7, 11) is 0. The Bertz CT molecular complexity index is 776. The fourth-order valence-electron chi connectivity index (χ4n) is 4.31. The number of ether oxygens (including phenoxy) is 1. The molecule has 24 heavy (non-hydrogen) atoms. The summed E-state index contributed by atoms with van der Waals surface area (Å²) in [6, 6.07) is 6.70. The molecule has 2 saturated heterocycles. The lowest BCUT2D eigenvalue weighted by molar-refractivity contribution is -0.146. The Labute approximate surface area is 144 Å². The Hall–Kier alpha value is -2.11. The molecule has 5 atom stereocenters. The molecule has 0 aromatic heterocycles. The molecule has 6 heteroatoms. The zero-order chi connectivity index (χ0) is 17.1. The summed E-state index contributed by atoms with van der Waals surface area (Å²) in [6.07, 6.45) is 5.26. The van der Waals surface area contributed by atoms with Gasteiger partial charge >= 0.3 is 5.97 Å². The molecule has 3 heterocycles. The maximum Gasteiger partial charge on any atom is 0.310 e. The summed E-state index contributed by atoms with van der Waals surface area (Å²) in [5.41, 5.74) is -0.359. The van der Waals surface area contributed by atoms with Crippen molar-refractivity contribution in [3.63, 3.8) is 0 Å². The van der Waals surface area contributed by atoms with Crippen molar-refractivity contribution >= 4 is 29.2 Å². The van der Waals surface area contributed by atoms with Crippen LogP contribution in [0.25, 0.3) is 0 Å². The standard InChI is InChI=1S/C18H16ClNO4/c1-2-5-13-18-9-8-12(24-18)14(17(22)23)15(18)16(21)20(13)11-7-4-3-6-10(11)19/h2-4,6-9,12-15H,1,5H2,(H,22,23)/t12-,13+,14-,15+,18-/m1/s1. The van der Waals surface area contributed by atoms with Crippen molar-refractivity contribution in [3.8, 4) is 0 Å². The summed E-state index contributed by atoms with van der Waals surface area (Å²) in [5.74, 6) is -2.88. The summed E-state index contributed by atoms with van der Waals surface area (Å²) in [6.45, 7) is 3.78. The van der Waals surface area contributed by atoms with Crippen molar-refractivity contribution in [1.82, 2.24) is 0 Å². The molecular weight excluding hydrogens is 330 g/mol. The van der Waals surface area contributed by atoms with E-state index in [0.717, 1.165) is 0 Å². The third kappa shape index (κ3) is 1.79. The number of hydrogen-bond acceptors (Lipinski definition) is 3. The van der Waals surface area contributed by atoms with Crippen LogP contribution in [0.15, 0.2) is 49.1 Å². The lowest BCUT2D eigenvalue weighted by Gasteiger charge is -2.32. The second-order valence-corrected chi connectivity index (χ2v) is 6.74. The third-order valence-electron chi connectivity index (χ3n) is 5.21. The topological polar surface area (TPSA) is 66.8 Å². The van der Waals surface area contributed by atoms with Gasteiger partial charge in [-0.3, -0.25) is 9.59 Å². The lowest BCUT2D eigenvalue weighted by Crippen LogP contribution is -2.45. The minimum absolute atomic E-state index is 0.255. The van der Waals surface area contributed by atoms with E-state index in [1.807, 2.05) is 6.08 Å². The van der Waals surface area contributed by atoms with Crippen LogP contribution in [0.2, 0.25) is 5.02 Å². The van der Waals surface area contributed by atoms with Crippen LogP contribution in [0.4, 0.5) is 5.69 Å². The second-order valence-electron chi connectivity index (χ2n) is 6.34. The van der Waals surface area contributed by atoms with Crippen LogP contribution in [-0.2, 0) is 14.3 Å². The molecule has 0 unspecified atom stereocenters. The largest absolute Gasteiger partial charge is 0.481 e. The number of amides is 1. The van der Waals surface area contributed by atoms with Crippen molar-refractivity contribution in [1.29, 1.82) is 0 Å². The number of halogens is 1. The van der Waals surface area contributed by atoms with Gasteiger partial charge in [-0.2, -0.15) is 0 Å². The van der Waals surface area contributed by atoms with Crippen LogP contribution in [0, 0.1) is 11.8 Å². The summed E-state index contributed by atoms with van der Waals surface area (Å²) >= 11 is 6.29. The van der Waals surface area contributed by atoms with Crippen LogP contribution in [-0.4, -0.2) is 34.7 Å². The lowest BCUT2D eigenvalue weighted by atomic mass is 9.74. The smallest absolute Gasteiger partial charge is 0.310 e. The normalized spacial score (nSPS) is 36.2. The number of carboxylic acid groups (broad SMARTS) is 1. The molecule has 1 N–H and O–H groups in total. The Kier molecular flexibility index (Phi) is 3.34. The van der Waals surface area contributed by atoms with Gasteiger partial charge in [0.15, 0.2) is 0 Å². The first-order valence-electron chi connectivity index (χ1n) is 7.79. The monoisotopic (exact) mass is 345 g/mol. The Balaban J connectivity index is 1.87. The van der Waals surface area contributed by atoms with E-state index in [1.165, 1.54) is 0 Å². The van der Waals surface area contributed by atoms with Crippen molar-refractivity contribution in [3.05, 3.63) is 54.1 Å². The van der Waals surface area contributed by atoms with Gasteiger partial charge in [-0.25, -0.2) is 0 Å². The zero-order valence-electron chi connectivity index (χ0n) is 12.8. The summed E-state index contributed by atoms with van der Waals surface area (Å²) < 4.78 is 6.04. The van der Waals surface area contributed by atoms with Crippen LogP contribution in [0.1, 0.15) is 6.42 Å². The molecule has 1 aromatic carbocycles. The third-order valence-corrected chi connectivity index (χ3v) is 5.53. The Morgan fingerprint density at radius 1 is 1.46 bits per heavy atom. The maximum atomic E-state index is 13.2. The highest BCUT2D eigenvalue weighted by molar-refractivity contribution is 6.34. The molecule has 0 saturated carbocycles. The van der Waals surface area contributed by atoms with Crippen LogP contribution in [0.5, 0.6) is 0 Å². The molecule has 1 spiro atoms. The highest BCUT2D eigenvalue weighted by Gasteiger charge is 2.71. The van der Waals surface area contributed by atoms with E-state index in [-0.39, 0.29) is 11.9 Å². The molecule has 2 fully saturated rings. The van der Waals surface area contributed by atoms with Crippen LogP contribution >= 0.6 is 11.6 Å². The number of para-hydroxylation sites is 1. The van der Waals surface area contributed by atoms with Gasteiger partial charge in [-0.1, -0.05) is 42.0 Å². The van der Waals surface area contributed by atoms with E-state index in [2.05, 4.69) is 6.58 Å². The van der Waals surface area contributed by atoms with E-state index in [4.69, 9.17) is 16.3 Å². The van der Waals surface area contributed by atoms with Gasteiger partial charge < -0.3 is 14.7 Å². The molecule has 1 amide bonds. The molecule has 124 valence electrons. The van der Waals surface area contributed by atoms with Crippen LogP contribution in [0.3, 0.4) is 0 Å². The first-order valence-corrected chi connectivity index (χ1v) is 8.17. The molecule has 3 aliphatic rings. The predicted octanol–water partition coefficient (Wildman–Crippen LogP) is 2.66. The number of aliphatic carboxylic acids is 1. The van der Waals surface area contributed by atoms with E-state index in [9.17, 15) is 14.7 Å². The van der Waals surface area contributed by atoms with Gasteiger partial charge in [0.05, 0.1) is 28.8 Å². The zero-order valence-corrected chi connectivity index (χ0v) is 13.5. The minimum Gasteiger partial charge on any atom is -0.481 e. The van der Waals surface area contributed by atoms with Gasteiger partial charge in [-0.05, 0) is 18.6 Å². The maximum absolute atomic E-state index is 13.2. The van der Waals surface area contributed by atoms with Crippen LogP contribution < -0.4 is 4.90 Å². The van der Waals surface area contributed by atoms with E-state index < -0.39 is 29.5 Å². The molecule has 3 aliphatic heterocycles. The first-order chi connectivity index (χ1) is 11.5. The average molecular weight is 346 g/mol. The van der Waals surface area contributed by atoms with Crippen molar-refractivity contribution < 1.29 is 19.4 Å². The number of rotatable bonds is 4. The van der Waals surface area contributed by atoms with Crippen molar-refractivity contribution in [2.45, 2.75) is 24.2 Å². The fourth-order valence-corrected chi connectivity index (χ4v) is 4.54. The van der Waals surface area contributed by atoms with Gasteiger partial charge in [0, 0.05) is 0 Å². The average Bonchev–Trinajstić information content (AvgIpc) is 3.18. The minimum atomic E-state index is -1.01. The highest BCUT2D eigenvalue weighted by Crippen LogP contribution is 2.56. The van der Waals surface area contributed by atoms with E-state index in [1.54, 1.807) is 41.3 Å². The highest BCUT2D eigenvalue weighted by atomic mass is 35.5. The number of hydrogen-bond donors (Lipinski definition) is 1. The molecule has 1 aromatic rings. The van der Waals surface area contributed by atoms with E-state index in [0.29, 0.717) is 17.1 Å². The van der Waals surface area contributed by atoms with Gasteiger partial charge in [0.2, 0.25) is 5.91 Å². The molecule has 0 aliphatic carbocycles. The predicted molar refractivity (Wildman–Crippen MR) is 88.9 cm³/mol. The Morgan fingerprint density at radius 2 is 2.21 bits per heavy atom. The SMILES string of the molecule is C=CC[C@@H]1N(c2ccccc2Cl)C(=O)[C@@H]2[C@H](C(=O)O)[C@H]3C=C[C@]21O3. The number of carbonyl (C=O) groups excluding carboxylic acids is 1. The fraction of sp³-hybridized carbons (Fsp3) is 0.333. The van der Waals surface area contributed by atoms with Gasteiger partial charge in [0.25, 0.3) is 0 Å². The van der Waals surface area contributed by atoms with Gasteiger partial charge in [-0.15, -0.1) is 6.58 Å². The first kappa shape index (κ1) is 15.4. The molecule has 0 radical (unpaired) electrons. The summed E-state index contributed by atoms with van der Waals surface area (Å²) in [4.78, 5) is 26.5. The molecular formula is C18H16ClNO4. The van der Waals surface area contributed by atoms with Crippen molar-refractivity contribution in [2.24, 2.45) is 11.8 Å². The number of carbonyl (C=O) groups is 2. The number of anilines is 1. The number of fused-ring (bicyclic) bond motifs is 1.